The zero-order valence-electron chi connectivity index (χ0n) is 13.7. The second-order valence-corrected chi connectivity index (χ2v) is 8.51. The van der Waals surface area contributed by atoms with Gasteiger partial charge >= 0.3 is 0 Å². The first-order chi connectivity index (χ1) is 11.6. The maximum absolute atomic E-state index is 14.2. The Balaban J connectivity index is 2.72. The molecule has 0 aromatic heterocycles. The molecule has 2 aromatic rings. The Morgan fingerprint density at radius 2 is 1.38 bits per heavy atom. The van der Waals surface area contributed by atoms with Crippen LogP contribution in [0.1, 0.15) is 6.92 Å². The highest BCUT2D eigenvalue weighted by molar-refractivity contribution is 7.79. The molecule has 24 heavy (non-hydrogen) atoms. The first-order valence-electron chi connectivity index (χ1n) is 7.88. The van der Waals surface area contributed by atoms with Gasteiger partial charge in [-0.25, -0.2) is 0 Å². The largest absolute Gasteiger partial charge is 0.388 e. The summed E-state index contributed by atoms with van der Waals surface area (Å²) in [4.78, 5) is 0. The third kappa shape index (κ3) is 3.59. The maximum Gasteiger partial charge on any atom is 0.151 e. The van der Waals surface area contributed by atoms with Gasteiger partial charge in [0.05, 0.1) is 17.9 Å². The molecular formula is C20H23O3P. The summed E-state index contributed by atoms with van der Waals surface area (Å²) in [6, 6.07) is 18.0. The number of hydrogen-bond donors (Lipinski definition) is 2. The molecule has 0 heterocycles. The molecule has 4 heteroatoms. The van der Waals surface area contributed by atoms with Gasteiger partial charge in [0.1, 0.15) is 0 Å². The number of rotatable bonds is 7. The Morgan fingerprint density at radius 3 is 1.75 bits per heavy atom. The molecule has 2 aromatic carbocycles. The number of allylic oxidation sites excluding steroid dienone is 1. The predicted molar refractivity (Wildman–Crippen MR) is 101 cm³/mol. The number of benzene rings is 2. The lowest BCUT2D eigenvalue weighted by atomic mass is 10.1. The van der Waals surface area contributed by atoms with Crippen molar-refractivity contribution in [1.29, 1.82) is 0 Å². The first-order valence-corrected chi connectivity index (χ1v) is 9.65. The highest BCUT2D eigenvalue weighted by atomic mass is 31.2. The van der Waals surface area contributed by atoms with E-state index in [4.69, 9.17) is 0 Å². The van der Waals surface area contributed by atoms with Gasteiger partial charge in [0.15, 0.2) is 7.14 Å². The van der Waals surface area contributed by atoms with E-state index in [-0.39, 0.29) is 0 Å². The van der Waals surface area contributed by atoms with Crippen LogP contribution in [0.5, 0.6) is 0 Å². The predicted octanol–water partition coefficient (Wildman–Crippen LogP) is 2.85. The highest BCUT2D eigenvalue weighted by Crippen LogP contribution is 2.51. The summed E-state index contributed by atoms with van der Waals surface area (Å²) in [5.41, 5.74) is -0.906. The Labute approximate surface area is 143 Å². The van der Waals surface area contributed by atoms with Crippen LogP contribution in [-0.2, 0) is 4.57 Å². The first kappa shape index (κ1) is 18.4. The molecule has 0 unspecified atom stereocenters. The van der Waals surface area contributed by atoms with Crippen LogP contribution in [-0.4, -0.2) is 28.1 Å². The molecule has 0 amide bonds. The quantitative estimate of drug-likeness (QED) is 0.601. The molecule has 2 N–H and O–H groups in total. The third-order valence-corrected chi connectivity index (χ3v) is 7.61. The van der Waals surface area contributed by atoms with E-state index in [1.807, 2.05) is 36.4 Å². The van der Waals surface area contributed by atoms with Crippen LogP contribution in [0.25, 0.3) is 0 Å². The van der Waals surface area contributed by atoms with E-state index in [0.29, 0.717) is 10.6 Å². The van der Waals surface area contributed by atoms with Crippen LogP contribution in [0.3, 0.4) is 0 Å². The fourth-order valence-corrected chi connectivity index (χ4v) is 6.17. The molecule has 3 nitrogen and oxygen atoms in total. The lowest BCUT2D eigenvalue weighted by Crippen LogP contribution is -2.41. The van der Waals surface area contributed by atoms with Gasteiger partial charge in [-0.15, -0.1) is 6.58 Å². The van der Waals surface area contributed by atoms with Crippen molar-refractivity contribution < 1.29 is 14.8 Å². The average Bonchev–Trinajstić information content (AvgIpc) is 2.63. The zero-order chi connectivity index (χ0) is 17.6. The molecule has 0 radical (unpaired) electrons. The van der Waals surface area contributed by atoms with E-state index in [1.165, 1.54) is 6.08 Å². The van der Waals surface area contributed by atoms with Crippen molar-refractivity contribution in [3.05, 3.63) is 85.5 Å². The van der Waals surface area contributed by atoms with E-state index in [1.54, 1.807) is 43.3 Å². The Hall–Kier alpha value is -1.93. The number of aliphatic hydroxyl groups excluding tert-OH is 2. The van der Waals surface area contributed by atoms with Gasteiger partial charge in [-0.05, 0) is 6.92 Å². The third-order valence-electron chi connectivity index (χ3n) is 4.03. The maximum atomic E-state index is 14.2. The molecule has 0 aliphatic heterocycles. The molecule has 0 fully saturated rings. The Morgan fingerprint density at radius 1 is 0.917 bits per heavy atom. The summed E-state index contributed by atoms with van der Waals surface area (Å²) in [5.74, 6) is 0. The molecule has 3 atom stereocenters. The highest BCUT2D eigenvalue weighted by Gasteiger charge is 2.43. The normalized spacial score (nSPS) is 15.8. The van der Waals surface area contributed by atoms with Crippen LogP contribution < -0.4 is 10.6 Å². The molecular weight excluding hydrogens is 319 g/mol. The number of aliphatic hydroxyl groups is 2. The summed E-state index contributed by atoms with van der Waals surface area (Å²) in [6.45, 7) is 5.39. The Bertz CT molecular complexity index is 682. The minimum atomic E-state index is -3.32. The van der Waals surface area contributed by atoms with Gasteiger partial charge in [-0.2, -0.15) is 0 Å². The van der Waals surface area contributed by atoms with Crippen LogP contribution >= 0.6 is 7.14 Å². The van der Waals surface area contributed by atoms with E-state index in [9.17, 15) is 14.8 Å². The van der Waals surface area contributed by atoms with Crippen LogP contribution in [0, 0.1) is 0 Å². The van der Waals surface area contributed by atoms with Crippen molar-refractivity contribution in [2.24, 2.45) is 0 Å². The van der Waals surface area contributed by atoms with Crippen LogP contribution in [0.4, 0.5) is 0 Å². The van der Waals surface area contributed by atoms with Crippen LogP contribution in [0.15, 0.2) is 85.5 Å². The molecule has 0 bridgehead atoms. The van der Waals surface area contributed by atoms with E-state index < -0.39 is 25.0 Å². The van der Waals surface area contributed by atoms with Gasteiger partial charge in [0.2, 0.25) is 0 Å². The molecule has 0 saturated heterocycles. The summed E-state index contributed by atoms with van der Waals surface area (Å²) in [7, 11) is -3.32. The van der Waals surface area contributed by atoms with Crippen molar-refractivity contribution >= 4 is 17.8 Å². The van der Waals surface area contributed by atoms with Crippen molar-refractivity contribution in [2.75, 3.05) is 0 Å². The van der Waals surface area contributed by atoms with Crippen molar-refractivity contribution in [2.45, 2.75) is 24.8 Å². The van der Waals surface area contributed by atoms with Crippen molar-refractivity contribution in [3.63, 3.8) is 0 Å². The smallest absolute Gasteiger partial charge is 0.151 e. The monoisotopic (exact) mass is 342 g/mol. The van der Waals surface area contributed by atoms with Gasteiger partial charge in [-0.1, -0.05) is 78.9 Å². The second-order valence-electron chi connectivity index (χ2n) is 5.56. The molecule has 0 aliphatic carbocycles. The zero-order valence-corrected chi connectivity index (χ0v) is 14.6. The standard InChI is InChI=1S/C20H23O3P/c1-3-11-19(22)20(18(21)4-2)24(23,16-12-7-5-8-13-16)17-14-9-6-10-15-17/h3-15,18-22H,2H2,1H3/b11-3+/t18-,19+,20-/m1/s1. The van der Waals surface area contributed by atoms with Gasteiger partial charge in [0.25, 0.3) is 0 Å². The van der Waals surface area contributed by atoms with Gasteiger partial charge < -0.3 is 14.8 Å². The lowest BCUT2D eigenvalue weighted by Gasteiger charge is -2.33. The van der Waals surface area contributed by atoms with Crippen molar-refractivity contribution in [3.8, 4) is 0 Å². The summed E-state index contributed by atoms with van der Waals surface area (Å²) >= 11 is 0. The minimum absolute atomic E-state index is 0.602. The number of hydrogen-bond acceptors (Lipinski definition) is 3. The second kappa shape index (κ2) is 8.25. The van der Waals surface area contributed by atoms with E-state index >= 15 is 0 Å². The molecule has 2 rings (SSSR count). The summed E-state index contributed by atoms with van der Waals surface area (Å²) < 4.78 is 14.2. The summed E-state index contributed by atoms with van der Waals surface area (Å²) in [5, 5.41) is 22.3. The van der Waals surface area contributed by atoms with E-state index in [0.717, 1.165) is 0 Å². The molecule has 0 aliphatic rings. The lowest BCUT2D eigenvalue weighted by molar-refractivity contribution is 0.137. The van der Waals surface area contributed by atoms with E-state index in [2.05, 4.69) is 6.58 Å². The summed E-state index contributed by atoms with van der Waals surface area (Å²) in [6.07, 6.45) is 2.40. The average molecular weight is 342 g/mol. The van der Waals surface area contributed by atoms with Gasteiger partial charge in [-0.3, -0.25) is 0 Å². The molecule has 126 valence electrons. The fraction of sp³-hybridized carbons (Fsp3) is 0.200. The van der Waals surface area contributed by atoms with Gasteiger partial charge in [0, 0.05) is 10.6 Å². The fourth-order valence-electron chi connectivity index (χ4n) is 2.87. The topological polar surface area (TPSA) is 57.5 Å². The molecule has 0 saturated carbocycles. The van der Waals surface area contributed by atoms with Crippen LogP contribution in [0.2, 0.25) is 0 Å². The SMILES string of the molecule is C=C[C@@H](O)[C@H]([C@@H](O)/C=C/C)P(=O)(c1ccccc1)c1ccccc1. The minimum Gasteiger partial charge on any atom is -0.388 e. The Kier molecular flexibility index (Phi) is 6.33. The molecule has 0 spiro atoms. The van der Waals surface area contributed by atoms with Crippen molar-refractivity contribution in [1.82, 2.24) is 0 Å².